The molecule has 1 aliphatic rings. The quantitative estimate of drug-likeness (QED) is 0.803. The van der Waals surface area contributed by atoms with Crippen molar-refractivity contribution in [1.82, 2.24) is 25.9 Å². The van der Waals surface area contributed by atoms with Gasteiger partial charge in [-0.15, -0.1) is 10.2 Å². The number of aromatic amines is 1. The van der Waals surface area contributed by atoms with Crippen LogP contribution in [0.5, 0.6) is 0 Å². The first-order valence-electron chi connectivity index (χ1n) is 6.83. The Morgan fingerprint density at radius 2 is 2.17 bits per heavy atom. The van der Waals surface area contributed by atoms with E-state index in [9.17, 15) is 4.79 Å². The smallest absolute Gasteiger partial charge is 0.220 e. The molecular weight excluding hydrogens is 230 g/mol. The van der Waals surface area contributed by atoms with Gasteiger partial charge in [-0.3, -0.25) is 4.79 Å². The molecule has 0 spiro atoms. The molecule has 18 heavy (non-hydrogen) atoms. The summed E-state index contributed by atoms with van der Waals surface area (Å²) in [6.07, 6.45) is 9.62. The fourth-order valence-corrected chi connectivity index (χ4v) is 2.55. The second-order valence-electron chi connectivity index (χ2n) is 5.00. The zero-order valence-electron chi connectivity index (χ0n) is 10.7. The maximum absolute atomic E-state index is 11.6. The average molecular weight is 251 g/mol. The van der Waals surface area contributed by atoms with E-state index in [2.05, 4.69) is 25.9 Å². The van der Waals surface area contributed by atoms with E-state index < -0.39 is 0 Å². The van der Waals surface area contributed by atoms with Gasteiger partial charge in [0, 0.05) is 6.42 Å². The second-order valence-corrected chi connectivity index (χ2v) is 5.00. The Hall–Kier alpha value is -1.46. The van der Waals surface area contributed by atoms with Gasteiger partial charge in [0.05, 0.1) is 6.54 Å². The Bertz CT molecular complexity index is 345. The summed E-state index contributed by atoms with van der Waals surface area (Å²) < 4.78 is 0. The monoisotopic (exact) mass is 251 g/mol. The molecule has 2 rings (SSSR count). The fraction of sp³-hybridized carbons (Fsp3) is 0.833. The number of aromatic nitrogens is 4. The predicted octanol–water partition coefficient (Wildman–Crippen LogP) is 1.57. The molecule has 1 heterocycles. The van der Waals surface area contributed by atoms with Gasteiger partial charge >= 0.3 is 0 Å². The first kappa shape index (κ1) is 13.0. The van der Waals surface area contributed by atoms with Crippen molar-refractivity contribution in [2.45, 2.75) is 57.9 Å². The Balaban J connectivity index is 1.54. The molecule has 0 unspecified atom stereocenters. The second kappa shape index (κ2) is 7.08. The van der Waals surface area contributed by atoms with E-state index in [-0.39, 0.29) is 5.91 Å². The third-order valence-electron chi connectivity index (χ3n) is 3.57. The van der Waals surface area contributed by atoms with Crippen molar-refractivity contribution in [2.24, 2.45) is 5.92 Å². The van der Waals surface area contributed by atoms with E-state index in [1.54, 1.807) is 0 Å². The Morgan fingerprint density at radius 1 is 1.33 bits per heavy atom. The van der Waals surface area contributed by atoms with E-state index in [1.165, 1.54) is 38.5 Å². The van der Waals surface area contributed by atoms with E-state index in [0.717, 1.165) is 12.3 Å². The molecule has 6 nitrogen and oxygen atoms in total. The molecule has 100 valence electrons. The van der Waals surface area contributed by atoms with E-state index in [0.29, 0.717) is 18.8 Å². The minimum absolute atomic E-state index is 0.0793. The van der Waals surface area contributed by atoms with Crippen LogP contribution >= 0.6 is 0 Å². The topological polar surface area (TPSA) is 83.6 Å². The SMILES string of the molecule is O=C(CCCC1CCCCC1)NCc1nn[nH]n1. The van der Waals surface area contributed by atoms with Gasteiger partial charge in [-0.2, -0.15) is 5.21 Å². The van der Waals surface area contributed by atoms with Crippen LogP contribution in [0.1, 0.15) is 57.2 Å². The first-order valence-corrected chi connectivity index (χ1v) is 6.83. The molecule has 1 amide bonds. The van der Waals surface area contributed by atoms with Gasteiger partial charge in [-0.05, 0) is 18.8 Å². The van der Waals surface area contributed by atoms with Gasteiger partial charge in [0.25, 0.3) is 0 Å². The van der Waals surface area contributed by atoms with Crippen LogP contribution in [-0.2, 0) is 11.3 Å². The summed E-state index contributed by atoms with van der Waals surface area (Å²) in [5, 5.41) is 16.2. The highest BCUT2D eigenvalue weighted by atomic mass is 16.1. The third-order valence-corrected chi connectivity index (χ3v) is 3.57. The fourth-order valence-electron chi connectivity index (χ4n) is 2.55. The van der Waals surface area contributed by atoms with Crippen LogP contribution < -0.4 is 5.32 Å². The van der Waals surface area contributed by atoms with Crippen molar-refractivity contribution in [3.05, 3.63) is 5.82 Å². The Labute approximate surface area is 107 Å². The molecule has 0 atom stereocenters. The van der Waals surface area contributed by atoms with Crippen LogP contribution in [0, 0.1) is 5.92 Å². The summed E-state index contributed by atoms with van der Waals surface area (Å²) in [4.78, 5) is 11.6. The number of nitrogens with one attached hydrogen (secondary N) is 2. The van der Waals surface area contributed by atoms with E-state index in [4.69, 9.17) is 0 Å². The maximum atomic E-state index is 11.6. The maximum Gasteiger partial charge on any atom is 0.220 e. The molecule has 1 aliphatic carbocycles. The van der Waals surface area contributed by atoms with Crippen LogP contribution in [0.15, 0.2) is 0 Å². The van der Waals surface area contributed by atoms with Crippen molar-refractivity contribution in [1.29, 1.82) is 0 Å². The van der Waals surface area contributed by atoms with Crippen LogP contribution in [0.25, 0.3) is 0 Å². The highest BCUT2D eigenvalue weighted by Gasteiger charge is 2.13. The van der Waals surface area contributed by atoms with Crippen LogP contribution in [0.3, 0.4) is 0 Å². The molecule has 1 fully saturated rings. The van der Waals surface area contributed by atoms with Gasteiger partial charge in [0.1, 0.15) is 0 Å². The average Bonchev–Trinajstić information content (AvgIpc) is 2.91. The Morgan fingerprint density at radius 3 is 2.89 bits per heavy atom. The van der Waals surface area contributed by atoms with Gasteiger partial charge < -0.3 is 5.32 Å². The van der Waals surface area contributed by atoms with Crippen molar-refractivity contribution in [2.75, 3.05) is 0 Å². The number of hydrogen-bond acceptors (Lipinski definition) is 4. The number of rotatable bonds is 6. The number of carbonyl (C=O) groups is 1. The summed E-state index contributed by atoms with van der Waals surface area (Å²) in [6.45, 7) is 0.360. The lowest BCUT2D eigenvalue weighted by atomic mass is 9.86. The molecule has 1 saturated carbocycles. The predicted molar refractivity (Wildman–Crippen MR) is 66.5 cm³/mol. The largest absolute Gasteiger partial charge is 0.349 e. The number of H-pyrrole nitrogens is 1. The standard InChI is InChI=1S/C12H21N5O/c18-12(13-9-11-14-16-17-15-11)8-4-7-10-5-2-1-3-6-10/h10H,1-9H2,(H,13,18)(H,14,15,16,17). The van der Waals surface area contributed by atoms with Crippen LogP contribution in [0.4, 0.5) is 0 Å². The molecule has 0 bridgehead atoms. The van der Waals surface area contributed by atoms with Crippen LogP contribution in [-0.4, -0.2) is 26.5 Å². The minimum Gasteiger partial charge on any atom is -0.349 e. The number of hydrogen-bond donors (Lipinski definition) is 2. The van der Waals surface area contributed by atoms with Crippen molar-refractivity contribution in [3.8, 4) is 0 Å². The minimum atomic E-state index is 0.0793. The highest BCUT2D eigenvalue weighted by molar-refractivity contribution is 5.75. The molecule has 2 N–H and O–H groups in total. The number of tetrazole rings is 1. The van der Waals surface area contributed by atoms with Crippen LogP contribution in [0.2, 0.25) is 0 Å². The van der Waals surface area contributed by atoms with Gasteiger partial charge in [0.2, 0.25) is 5.91 Å². The summed E-state index contributed by atoms with van der Waals surface area (Å²) in [5.74, 6) is 1.45. The lowest BCUT2D eigenvalue weighted by Crippen LogP contribution is -2.23. The number of amides is 1. The number of nitrogens with zero attached hydrogens (tertiary/aromatic N) is 3. The summed E-state index contributed by atoms with van der Waals surface area (Å²) in [6, 6.07) is 0. The molecule has 0 saturated heterocycles. The van der Waals surface area contributed by atoms with Gasteiger partial charge in [0.15, 0.2) is 5.82 Å². The molecule has 6 heteroatoms. The molecule has 1 aromatic heterocycles. The molecule has 1 aromatic rings. The molecule has 0 radical (unpaired) electrons. The summed E-state index contributed by atoms with van der Waals surface area (Å²) in [7, 11) is 0. The van der Waals surface area contributed by atoms with E-state index >= 15 is 0 Å². The van der Waals surface area contributed by atoms with Crippen molar-refractivity contribution < 1.29 is 4.79 Å². The lowest BCUT2D eigenvalue weighted by molar-refractivity contribution is -0.121. The Kier molecular flexibility index (Phi) is 5.11. The summed E-state index contributed by atoms with van der Waals surface area (Å²) >= 11 is 0. The summed E-state index contributed by atoms with van der Waals surface area (Å²) in [5.41, 5.74) is 0. The van der Waals surface area contributed by atoms with E-state index in [1.807, 2.05) is 0 Å². The van der Waals surface area contributed by atoms with Crippen molar-refractivity contribution in [3.63, 3.8) is 0 Å². The van der Waals surface area contributed by atoms with Gasteiger partial charge in [-0.1, -0.05) is 37.3 Å². The first-order chi connectivity index (χ1) is 8.84. The molecule has 0 aromatic carbocycles. The zero-order valence-corrected chi connectivity index (χ0v) is 10.7. The highest BCUT2D eigenvalue weighted by Crippen LogP contribution is 2.27. The van der Waals surface area contributed by atoms with Gasteiger partial charge in [-0.25, -0.2) is 0 Å². The number of carbonyl (C=O) groups excluding carboxylic acids is 1. The third kappa shape index (κ3) is 4.43. The molecular formula is C12H21N5O. The normalized spacial score (nSPS) is 16.7. The molecule has 0 aliphatic heterocycles. The lowest BCUT2D eigenvalue weighted by Gasteiger charge is -2.21. The zero-order chi connectivity index (χ0) is 12.6. The van der Waals surface area contributed by atoms with Crippen molar-refractivity contribution >= 4 is 5.91 Å².